The summed E-state index contributed by atoms with van der Waals surface area (Å²) in [7, 11) is 0. The highest BCUT2D eigenvalue weighted by molar-refractivity contribution is 6.04. The van der Waals surface area contributed by atoms with E-state index in [9.17, 15) is 14.9 Å². The lowest BCUT2D eigenvalue weighted by molar-refractivity contribution is -0.384. The summed E-state index contributed by atoms with van der Waals surface area (Å²) in [5, 5.41) is 13.6. The van der Waals surface area contributed by atoms with E-state index in [0.29, 0.717) is 22.4 Å². The molecular formula is C18H11N3O5. The van der Waals surface area contributed by atoms with Crippen molar-refractivity contribution in [1.82, 2.24) is 4.98 Å². The number of hydrogen-bond acceptors (Lipinski definition) is 6. The van der Waals surface area contributed by atoms with Crippen LogP contribution in [0.5, 0.6) is 0 Å². The molecule has 0 fully saturated rings. The van der Waals surface area contributed by atoms with Gasteiger partial charge in [-0.15, -0.1) is 0 Å². The first kappa shape index (κ1) is 15.6. The quantitative estimate of drug-likeness (QED) is 0.435. The third kappa shape index (κ3) is 2.80. The Morgan fingerprint density at radius 2 is 1.96 bits per heavy atom. The normalized spacial score (nSPS) is 10.8. The Hall–Kier alpha value is -3.94. The van der Waals surface area contributed by atoms with Gasteiger partial charge in [-0.25, -0.2) is 4.98 Å². The maximum atomic E-state index is 12.2. The molecule has 0 saturated heterocycles. The Labute approximate surface area is 146 Å². The van der Waals surface area contributed by atoms with Gasteiger partial charge in [0.25, 0.3) is 11.6 Å². The van der Waals surface area contributed by atoms with Crippen LogP contribution in [0.3, 0.4) is 0 Å². The molecule has 0 saturated carbocycles. The zero-order chi connectivity index (χ0) is 18.1. The van der Waals surface area contributed by atoms with Crippen LogP contribution < -0.4 is 5.32 Å². The first-order valence-electron chi connectivity index (χ1n) is 7.61. The largest absolute Gasteiger partial charge is 0.459 e. The summed E-state index contributed by atoms with van der Waals surface area (Å²) in [5.41, 5.74) is 1.72. The van der Waals surface area contributed by atoms with Crippen LogP contribution in [0.1, 0.15) is 10.6 Å². The van der Waals surface area contributed by atoms with Crippen molar-refractivity contribution in [3.63, 3.8) is 0 Å². The molecule has 2 aromatic heterocycles. The van der Waals surface area contributed by atoms with Gasteiger partial charge in [-0.3, -0.25) is 14.9 Å². The lowest BCUT2D eigenvalue weighted by Gasteiger charge is -2.07. The Morgan fingerprint density at radius 1 is 1.12 bits per heavy atom. The van der Waals surface area contributed by atoms with Crippen LogP contribution in [0.15, 0.2) is 69.7 Å². The van der Waals surface area contributed by atoms with Crippen LogP contribution in [-0.4, -0.2) is 15.8 Å². The van der Waals surface area contributed by atoms with E-state index >= 15 is 0 Å². The number of oxazole rings is 1. The van der Waals surface area contributed by atoms with Crippen molar-refractivity contribution in [3.05, 3.63) is 76.7 Å². The molecule has 0 spiro atoms. The first-order valence-corrected chi connectivity index (χ1v) is 7.61. The minimum absolute atomic E-state index is 0.0837. The Bertz CT molecular complexity index is 1120. The summed E-state index contributed by atoms with van der Waals surface area (Å²) in [6.07, 6.45) is 1.41. The van der Waals surface area contributed by atoms with Crippen molar-refractivity contribution >= 4 is 28.4 Å². The van der Waals surface area contributed by atoms with Crippen LogP contribution in [0.25, 0.3) is 22.6 Å². The van der Waals surface area contributed by atoms with E-state index in [0.717, 1.165) is 0 Å². The highest BCUT2D eigenvalue weighted by Crippen LogP contribution is 2.31. The summed E-state index contributed by atoms with van der Waals surface area (Å²) in [5.74, 6) is 0.0121. The van der Waals surface area contributed by atoms with Crippen LogP contribution in [0, 0.1) is 10.1 Å². The number of amides is 1. The van der Waals surface area contributed by atoms with Gasteiger partial charge in [0, 0.05) is 6.07 Å². The Balaban J connectivity index is 1.73. The second-order valence-electron chi connectivity index (χ2n) is 5.41. The lowest BCUT2D eigenvalue weighted by Crippen LogP contribution is -2.11. The Morgan fingerprint density at radius 3 is 2.73 bits per heavy atom. The molecule has 0 radical (unpaired) electrons. The summed E-state index contributed by atoms with van der Waals surface area (Å²) in [4.78, 5) is 27.0. The smallest absolute Gasteiger partial charge is 0.291 e. The number of hydrogen-bond donors (Lipinski definition) is 1. The first-order chi connectivity index (χ1) is 12.6. The third-order valence-corrected chi connectivity index (χ3v) is 3.73. The molecule has 4 aromatic rings. The fraction of sp³-hybridized carbons (Fsp3) is 0. The molecule has 1 N–H and O–H groups in total. The van der Waals surface area contributed by atoms with Crippen LogP contribution in [0.4, 0.5) is 11.4 Å². The lowest BCUT2D eigenvalue weighted by atomic mass is 10.1. The van der Waals surface area contributed by atoms with Crippen LogP contribution >= 0.6 is 0 Å². The molecule has 8 heteroatoms. The van der Waals surface area contributed by atoms with E-state index in [2.05, 4.69) is 10.3 Å². The van der Waals surface area contributed by atoms with Gasteiger partial charge in [-0.05, 0) is 30.3 Å². The van der Waals surface area contributed by atoms with E-state index in [-0.39, 0.29) is 17.3 Å². The number of para-hydroxylation sites is 1. The molecule has 8 nitrogen and oxygen atoms in total. The van der Waals surface area contributed by atoms with Crippen LogP contribution in [-0.2, 0) is 0 Å². The van der Waals surface area contributed by atoms with Gasteiger partial charge < -0.3 is 14.2 Å². The van der Waals surface area contributed by atoms with E-state index in [1.165, 1.54) is 24.5 Å². The standard InChI is InChI=1S/C18H11N3O5/c22-17(15-6-3-9-25-15)19-13-5-2-1-4-12(13)18-20-14-8-7-11(21(23)24)10-16(14)26-18/h1-10H,(H,19,22). The maximum Gasteiger partial charge on any atom is 0.291 e. The molecule has 0 bridgehead atoms. The van der Waals surface area contributed by atoms with E-state index < -0.39 is 10.8 Å². The average Bonchev–Trinajstić information content (AvgIpc) is 3.31. The van der Waals surface area contributed by atoms with Gasteiger partial charge in [0.15, 0.2) is 11.3 Å². The number of anilines is 1. The number of carbonyl (C=O) groups is 1. The minimum atomic E-state index is -0.501. The minimum Gasteiger partial charge on any atom is -0.459 e. The summed E-state index contributed by atoms with van der Waals surface area (Å²) >= 11 is 0. The SMILES string of the molecule is O=C(Nc1ccccc1-c1nc2ccc([N+](=O)[O-])cc2o1)c1ccco1. The number of fused-ring (bicyclic) bond motifs is 1. The fourth-order valence-electron chi connectivity index (χ4n) is 2.51. The fourth-order valence-corrected chi connectivity index (χ4v) is 2.51. The maximum absolute atomic E-state index is 12.2. The second kappa shape index (κ2) is 6.17. The summed E-state index contributed by atoms with van der Waals surface area (Å²) < 4.78 is 10.7. The number of nitro groups is 1. The number of aromatic nitrogens is 1. The molecule has 0 atom stereocenters. The molecule has 2 aromatic carbocycles. The zero-order valence-electron chi connectivity index (χ0n) is 13.2. The van der Waals surface area contributed by atoms with Crippen molar-refractivity contribution in [2.24, 2.45) is 0 Å². The van der Waals surface area contributed by atoms with Crippen molar-refractivity contribution < 1.29 is 18.6 Å². The number of non-ortho nitro benzene ring substituents is 1. The number of nitrogens with zero attached hydrogens (tertiary/aromatic N) is 2. The zero-order valence-corrected chi connectivity index (χ0v) is 13.2. The van der Waals surface area contributed by atoms with E-state index in [4.69, 9.17) is 8.83 Å². The highest BCUT2D eigenvalue weighted by Gasteiger charge is 2.17. The predicted octanol–water partition coefficient (Wildman–Crippen LogP) is 4.25. The molecule has 26 heavy (non-hydrogen) atoms. The van der Waals surface area contributed by atoms with Crippen molar-refractivity contribution in [3.8, 4) is 11.5 Å². The topological polar surface area (TPSA) is 111 Å². The number of nitro benzene ring substituents is 1. The molecular weight excluding hydrogens is 338 g/mol. The van der Waals surface area contributed by atoms with Gasteiger partial charge in [0.2, 0.25) is 5.89 Å². The molecule has 4 rings (SSSR count). The molecule has 0 aliphatic carbocycles. The molecule has 0 aliphatic heterocycles. The van der Waals surface area contributed by atoms with Crippen LogP contribution in [0.2, 0.25) is 0 Å². The van der Waals surface area contributed by atoms with Crippen molar-refractivity contribution in [1.29, 1.82) is 0 Å². The number of nitrogens with one attached hydrogen (secondary N) is 1. The van der Waals surface area contributed by atoms with Crippen molar-refractivity contribution in [2.45, 2.75) is 0 Å². The van der Waals surface area contributed by atoms with E-state index in [1.54, 1.807) is 36.4 Å². The molecule has 0 aliphatic rings. The Kier molecular flexibility index (Phi) is 3.70. The molecule has 1 amide bonds. The number of carbonyl (C=O) groups excluding carboxylic acids is 1. The van der Waals surface area contributed by atoms with Gasteiger partial charge in [-0.2, -0.15) is 0 Å². The third-order valence-electron chi connectivity index (χ3n) is 3.73. The highest BCUT2D eigenvalue weighted by atomic mass is 16.6. The van der Waals surface area contributed by atoms with Gasteiger partial charge >= 0.3 is 0 Å². The summed E-state index contributed by atoms with van der Waals surface area (Å²) in [6, 6.07) is 14.3. The molecule has 0 unspecified atom stereocenters. The van der Waals surface area contributed by atoms with Gasteiger partial charge in [0.05, 0.1) is 28.5 Å². The summed E-state index contributed by atoms with van der Waals surface area (Å²) in [6.45, 7) is 0. The second-order valence-corrected chi connectivity index (χ2v) is 5.41. The number of benzene rings is 2. The number of rotatable bonds is 4. The number of furan rings is 1. The molecule has 128 valence electrons. The predicted molar refractivity (Wildman–Crippen MR) is 92.8 cm³/mol. The van der Waals surface area contributed by atoms with Gasteiger partial charge in [-0.1, -0.05) is 12.1 Å². The average molecular weight is 349 g/mol. The van der Waals surface area contributed by atoms with Crippen molar-refractivity contribution in [2.75, 3.05) is 5.32 Å². The van der Waals surface area contributed by atoms with Gasteiger partial charge in [0.1, 0.15) is 5.52 Å². The van der Waals surface area contributed by atoms with E-state index in [1.807, 2.05) is 0 Å². The molecule has 2 heterocycles. The monoisotopic (exact) mass is 349 g/mol.